The maximum Gasteiger partial charge on any atom is 0.0436 e. The lowest BCUT2D eigenvalue weighted by molar-refractivity contribution is -0.244. The van der Waals surface area contributed by atoms with Crippen LogP contribution in [0, 0.1) is 10.8 Å². The van der Waals surface area contributed by atoms with Crippen LogP contribution >= 0.6 is 0 Å². The van der Waals surface area contributed by atoms with E-state index in [9.17, 15) is 0 Å². The first-order valence-corrected chi connectivity index (χ1v) is 9.56. The molecule has 0 spiro atoms. The summed E-state index contributed by atoms with van der Waals surface area (Å²) < 4.78 is 0. The van der Waals surface area contributed by atoms with E-state index in [0.717, 1.165) is 6.42 Å². The van der Waals surface area contributed by atoms with Crippen molar-refractivity contribution in [1.29, 1.82) is 0 Å². The van der Waals surface area contributed by atoms with Gasteiger partial charge in [-0.25, -0.2) is 0 Å². The van der Waals surface area contributed by atoms with E-state index in [4.69, 9.17) is 0 Å². The molecule has 0 N–H and O–H groups in total. The summed E-state index contributed by atoms with van der Waals surface area (Å²) in [6.45, 7) is 26.7. The van der Waals surface area contributed by atoms with Crippen LogP contribution in [-0.4, -0.2) is 46.6 Å². The molecule has 0 radical (unpaired) electrons. The first-order chi connectivity index (χ1) is 10.1. The lowest BCUT2D eigenvalue weighted by atomic mass is 9.53. The molecule has 3 atom stereocenters. The number of nitrogens with zero attached hydrogens (tertiary/aromatic N) is 2. The van der Waals surface area contributed by atoms with Crippen molar-refractivity contribution in [3.63, 3.8) is 0 Å². The lowest BCUT2D eigenvalue weighted by Gasteiger charge is -2.75. The summed E-state index contributed by atoms with van der Waals surface area (Å²) in [7, 11) is 4.76. The van der Waals surface area contributed by atoms with Crippen molar-refractivity contribution >= 4 is 0 Å². The first-order valence-electron chi connectivity index (χ1n) is 9.56. The maximum absolute atomic E-state index is 2.81. The SMILES string of the molecule is CCC1(C(C)(C)C)[C@@H](C)N(C)C(C)(C)C(CC)(C(C)(C)C)N1C. The van der Waals surface area contributed by atoms with Gasteiger partial charge in [0.1, 0.15) is 0 Å². The van der Waals surface area contributed by atoms with Crippen molar-refractivity contribution in [3.05, 3.63) is 0 Å². The Morgan fingerprint density at radius 2 is 1.26 bits per heavy atom. The second-order valence-corrected chi connectivity index (χ2v) is 10.4. The quantitative estimate of drug-likeness (QED) is 0.669. The molecule has 0 aromatic heterocycles. The van der Waals surface area contributed by atoms with Gasteiger partial charge in [0.2, 0.25) is 0 Å². The van der Waals surface area contributed by atoms with Crippen molar-refractivity contribution in [2.75, 3.05) is 14.1 Å². The molecule has 0 saturated carbocycles. The molecular weight excluding hydrogens is 280 g/mol. The predicted molar refractivity (Wildman–Crippen MR) is 104 cm³/mol. The summed E-state index contributed by atoms with van der Waals surface area (Å²) in [5.41, 5.74) is 0.787. The van der Waals surface area contributed by atoms with Gasteiger partial charge in [0.05, 0.1) is 0 Å². The van der Waals surface area contributed by atoms with Crippen LogP contribution < -0.4 is 0 Å². The standard InChI is InChI=1S/C21H44N2/c1-14-20(17(4,5)6)16(3)22(12)19(10,11)21(15-2,23(20)13)18(7,8)9/h16H,14-15H2,1-13H3/t16-,20?,21?/m1/s1. The third-order valence-electron chi connectivity index (χ3n) is 7.93. The molecule has 0 bridgehead atoms. The molecule has 2 heteroatoms. The molecular formula is C21H44N2. The minimum Gasteiger partial charge on any atom is -0.295 e. The Hall–Kier alpha value is -0.0800. The van der Waals surface area contributed by atoms with Gasteiger partial charge >= 0.3 is 0 Å². The average Bonchev–Trinajstić information content (AvgIpc) is 2.35. The molecule has 0 amide bonds. The second-order valence-electron chi connectivity index (χ2n) is 10.4. The summed E-state index contributed by atoms with van der Waals surface area (Å²) >= 11 is 0. The number of likely N-dealkylation sites (N-methyl/N-ethyl adjacent to an activating group) is 2. The fourth-order valence-corrected chi connectivity index (χ4v) is 6.94. The smallest absolute Gasteiger partial charge is 0.0436 e. The van der Waals surface area contributed by atoms with Gasteiger partial charge in [-0.05, 0) is 58.5 Å². The predicted octanol–water partition coefficient (Wildman–Crippen LogP) is 5.42. The molecule has 23 heavy (non-hydrogen) atoms. The Bertz CT molecular complexity index is 426. The van der Waals surface area contributed by atoms with Crippen LogP contribution in [0.3, 0.4) is 0 Å². The molecule has 0 aliphatic carbocycles. The zero-order chi connectivity index (χ0) is 18.6. The van der Waals surface area contributed by atoms with Crippen molar-refractivity contribution in [1.82, 2.24) is 9.80 Å². The Kier molecular flexibility index (Phi) is 5.22. The summed E-state index contributed by atoms with van der Waals surface area (Å²) in [6.07, 6.45) is 2.33. The zero-order valence-electron chi connectivity index (χ0n) is 18.4. The molecule has 1 fully saturated rings. The highest BCUT2D eigenvalue weighted by Gasteiger charge is 2.68. The van der Waals surface area contributed by atoms with Gasteiger partial charge in [-0.2, -0.15) is 0 Å². The van der Waals surface area contributed by atoms with E-state index in [1.54, 1.807) is 0 Å². The van der Waals surface area contributed by atoms with Crippen LogP contribution in [0.1, 0.15) is 89.0 Å². The highest BCUT2D eigenvalue weighted by molar-refractivity contribution is 5.24. The molecule has 0 aromatic carbocycles. The largest absolute Gasteiger partial charge is 0.295 e. The Balaban J connectivity index is 3.84. The number of rotatable bonds is 2. The molecule has 138 valence electrons. The van der Waals surface area contributed by atoms with Gasteiger partial charge in [-0.15, -0.1) is 0 Å². The molecule has 1 saturated heterocycles. The molecule has 1 aliphatic rings. The van der Waals surface area contributed by atoms with Crippen LogP contribution in [0.5, 0.6) is 0 Å². The lowest BCUT2D eigenvalue weighted by Crippen LogP contribution is -2.86. The molecule has 2 nitrogen and oxygen atoms in total. The van der Waals surface area contributed by atoms with Gasteiger partial charge in [-0.1, -0.05) is 55.4 Å². The number of hydrogen-bond acceptors (Lipinski definition) is 2. The van der Waals surface area contributed by atoms with E-state index in [1.165, 1.54) is 6.42 Å². The highest BCUT2D eigenvalue weighted by atomic mass is 15.4. The van der Waals surface area contributed by atoms with Gasteiger partial charge in [0.15, 0.2) is 0 Å². The van der Waals surface area contributed by atoms with E-state index in [2.05, 4.69) is 100 Å². The van der Waals surface area contributed by atoms with E-state index >= 15 is 0 Å². The van der Waals surface area contributed by atoms with E-state index < -0.39 is 0 Å². The third-order valence-corrected chi connectivity index (χ3v) is 7.93. The number of piperazine rings is 1. The summed E-state index contributed by atoms with van der Waals surface area (Å²) in [5, 5.41) is 0. The minimum atomic E-state index is 0.109. The van der Waals surface area contributed by atoms with E-state index in [0.29, 0.717) is 6.04 Å². The van der Waals surface area contributed by atoms with Crippen LogP contribution in [0.25, 0.3) is 0 Å². The van der Waals surface area contributed by atoms with Gasteiger partial charge < -0.3 is 0 Å². The minimum absolute atomic E-state index is 0.109. The summed E-state index contributed by atoms with van der Waals surface area (Å²) in [4.78, 5) is 5.49. The van der Waals surface area contributed by atoms with Crippen molar-refractivity contribution < 1.29 is 0 Å². The summed E-state index contributed by atoms with van der Waals surface area (Å²) in [6, 6.07) is 0.509. The average molecular weight is 325 g/mol. The molecule has 1 aliphatic heterocycles. The Morgan fingerprint density at radius 3 is 1.52 bits per heavy atom. The van der Waals surface area contributed by atoms with E-state index in [-0.39, 0.29) is 27.4 Å². The summed E-state index contributed by atoms with van der Waals surface area (Å²) in [5.74, 6) is 0. The normalized spacial score (nSPS) is 37.2. The Labute approximate surface area is 147 Å². The topological polar surface area (TPSA) is 6.48 Å². The van der Waals surface area contributed by atoms with Crippen LogP contribution in [0.2, 0.25) is 0 Å². The van der Waals surface area contributed by atoms with Gasteiger partial charge in [0, 0.05) is 22.7 Å². The molecule has 0 aromatic rings. The third kappa shape index (κ3) is 2.34. The second kappa shape index (κ2) is 5.73. The van der Waals surface area contributed by atoms with Crippen molar-refractivity contribution in [2.24, 2.45) is 10.8 Å². The molecule has 2 unspecified atom stereocenters. The number of hydrogen-bond donors (Lipinski definition) is 0. The van der Waals surface area contributed by atoms with Crippen molar-refractivity contribution in [3.8, 4) is 0 Å². The van der Waals surface area contributed by atoms with E-state index in [1.807, 2.05) is 0 Å². The van der Waals surface area contributed by atoms with Crippen molar-refractivity contribution in [2.45, 2.75) is 112 Å². The van der Waals surface area contributed by atoms with Gasteiger partial charge in [-0.3, -0.25) is 9.80 Å². The van der Waals surface area contributed by atoms with Crippen LogP contribution in [0.4, 0.5) is 0 Å². The highest BCUT2D eigenvalue weighted by Crippen LogP contribution is 2.59. The molecule has 1 rings (SSSR count). The zero-order valence-corrected chi connectivity index (χ0v) is 18.4. The van der Waals surface area contributed by atoms with Gasteiger partial charge in [0.25, 0.3) is 0 Å². The van der Waals surface area contributed by atoms with Crippen LogP contribution in [-0.2, 0) is 0 Å². The fourth-order valence-electron chi connectivity index (χ4n) is 6.94. The van der Waals surface area contributed by atoms with Crippen LogP contribution in [0.15, 0.2) is 0 Å². The maximum atomic E-state index is 2.81. The first kappa shape index (κ1) is 21.0. The monoisotopic (exact) mass is 324 g/mol. The Morgan fingerprint density at radius 1 is 0.826 bits per heavy atom. The molecule has 1 heterocycles. The fraction of sp³-hybridized carbons (Fsp3) is 1.00.